The summed E-state index contributed by atoms with van der Waals surface area (Å²) in [7, 11) is 0. The maximum atomic E-state index is 5.08. The zero-order chi connectivity index (χ0) is 33.0. The monoisotopic (exact) mass is 629 g/mol. The van der Waals surface area contributed by atoms with Gasteiger partial charge >= 0.3 is 0 Å². The smallest absolute Gasteiger partial charge is 0.164 e. The minimum absolute atomic E-state index is 0.622. The predicted octanol–water partition coefficient (Wildman–Crippen LogP) is 10.6. The molecule has 5 heteroatoms. The third-order valence-corrected chi connectivity index (χ3v) is 8.38. The van der Waals surface area contributed by atoms with Gasteiger partial charge in [0.1, 0.15) is 0 Å². The second-order valence-electron chi connectivity index (χ2n) is 11.9. The Balaban J connectivity index is 1.21. The lowest BCUT2D eigenvalue weighted by atomic mass is 9.99. The van der Waals surface area contributed by atoms with Crippen LogP contribution in [-0.4, -0.2) is 24.9 Å². The molecular formula is C44H31N5. The molecule has 0 atom stereocenters. The lowest BCUT2D eigenvalue weighted by molar-refractivity contribution is 1.07. The molecule has 0 radical (unpaired) electrons. The highest BCUT2D eigenvalue weighted by molar-refractivity contribution is 5.78. The first-order chi connectivity index (χ1) is 24.2. The number of nitrogens with zero attached hydrogens (tertiary/aromatic N) is 5. The van der Waals surface area contributed by atoms with Crippen LogP contribution in [-0.2, 0) is 0 Å². The molecule has 0 spiro atoms. The van der Waals surface area contributed by atoms with Crippen LogP contribution in [0.25, 0.3) is 79.2 Å². The summed E-state index contributed by atoms with van der Waals surface area (Å²) in [6.07, 6.45) is 0. The Kier molecular flexibility index (Phi) is 8.06. The highest BCUT2D eigenvalue weighted by Gasteiger charge is 2.14. The Morgan fingerprint density at radius 1 is 0.265 bits per heavy atom. The minimum Gasteiger partial charge on any atom is -0.228 e. The number of aryl methyl sites for hydroxylation is 1. The van der Waals surface area contributed by atoms with Gasteiger partial charge in [0.15, 0.2) is 23.3 Å². The molecule has 0 aliphatic heterocycles. The second kappa shape index (κ2) is 13.3. The zero-order valence-corrected chi connectivity index (χ0v) is 26.9. The number of hydrogen-bond acceptors (Lipinski definition) is 5. The Morgan fingerprint density at radius 2 is 0.633 bits per heavy atom. The van der Waals surface area contributed by atoms with Crippen molar-refractivity contribution in [3.8, 4) is 79.2 Å². The molecule has 0 saturated heterocycles. The first kappa shape index (κ1) is 29.8. The fraction of sp³-hybridized carbons (Fsp3) is 0.0227. The topological polar surface area (TPSA) is 64.5 Å². The molecule has 0 amide bonds. The lowest BCUT2D eigenvalue weighted by Crippen LogP contribution is -2.00. The summed E-state index contributed by atoms with van der Waals surface area (Å²) in [4.78, 5) is 24.8. The van der Waals surface area contributed by atoms with E-state index in [2.05, 4.69) is 97.9 Å². The Morgan fingerprint density at radius 3 is 1.18 bits per heavy atom. The maximum Gasteiger partial charge on any atom is 0.164 e. The van der Waals surface area contributed by atoms with E-state index in [1.165, 1.54) is 5.56 Å². The lowest BCUT2D eigenvalue weighted by Gasteiger charge is -2.12. The Hall–Kier alpha value is -6.59. The first-order valence-corrected chi connectivity index (χ1v) is 16.3. The van der Waals surface area contributed by atoms with Gasteiger partial charge in [-0.25, -0.2) is 24.9 Å². The van der Waals surface area contributed by atoms with Crippen LogP contribution in [0.4, 0.5) is 0 Å². The third-order valence-electron chi connectivity index (χ3n) is 8.38. The van der Waals surface area contributed by atoms with Crippen LogP contribution >= 0.6 is 0 Å². The van der Waals surface area contributed by atoms with Crippen molar-refractivity contribution < 1.29 is 0 Å². The highest BCUT2D eigenvalue weighted by Crippen LogP contribution is 2.32. The van der Waals surface area contributed by atoms with Gasteiger partial charge in [0.25, 0.3) is 0 Å². The van der Waals surface area contributed by atoms with Crippen molar-refractivity contribution in [2.45, 2.75) is 6.92 Å². The van der Waals surface area contributed by atoms with Crippen molar-refractivity contribution >= 4 is 0 Å². The summed E-state index contributed by atoms with van der Waals surface area (Å²) in [6, 6.07) is 57.6. The fourth-order valence-electron chi connectivity index (χ4n) is 5.90. The molecule has 8 rings (SSSR count). The molecule has 0 fully saturated rings. The number of rotatable bonds is 7. The van der Waals surface area contributed by atoms with Gasteiger partial charge in [-0.15, -0.1) is 0 Å². The number of aromatic nitrogens is 5. The standard InChI is InChI=1S/C44H31N5/c1-30-14-11-24-37(26-30)43-45-39(31-15-5-2-6-16-31)29-40(46-43)36-23-12-21-34(27-36)35-22-13-25-38(28-35)44-48-41(32-17-7-3-8-18-32)47-42(49-44)33-19-9-4-10-20-33/h2-29H,1H3. The fourth-order valence-corrected chi connectivity index (χ4v) is 5.90. The van der Waals surface area contributed by atoms with E-state index in [1.807, 2.05) is 78.9 Å². The molecule has 2 heterocycles. The molecule has 2 aromatic heterocycles. The molecular weight excluding hydrogens is 599 g/mol. The molecule has 0 bridgehead atoms. The largest absolute Gasteiger partial charge is 0.228 e. The van der Waals surface area contributed by atoms with Crippen molar-refractivity contribution in [3.05, 3.63) is 175 Å². The van der Waals surface area contributed by atoms with E-state index in [4.69, 9.17) is 24.9 Å². The minimum atomic E-state index is 0.622. The molecule has 49 heavy (non-hydrogen) atoms. The van der Waals surface area contributed by atoms with E-state index in [1.54, 1.807) is 0 Å². The van der Waals surface area contributed by atoms with Crippen LogP contribution in [0.2, 0.25) is 0 Å². The van der Waals surface area contributed by atoms with Crippen LogP contribution in [0, 0.1) is 6.92 Å². The van der Waals surface area contributed by atoms with Crippen LogP contribution in [0.5, 0.6) is 0 Å². The molecule has 0 aliphatic rings. The average molecular weight is 630 g/mol. The van der Waals surface area contributed by atoms with Crippen LogP contribution < -0.4 is 0 Å². The van der Waals surface area contributed by atoms with Crippen molar-refractivity contribution in [1.29, 1.82) is 0 Å². The SMILES string of the molecule is Cc1cccc(-c2nc(-c3ccccc3)cc(-c3cccc(-c4cccc(-c5nc(-c6ccccc6)nc(-c6ccccc6)n5)c4)c3)n2)c1. The molecule has 6 aromatic carbocycles. The van der Waals surface area contributed by atoms with Gasteiger partial charge in [-0.1, -0.05) is 151 Å². The van der Waals surface area contributed by atoms with E-state index in [0.717, 1.165) is 55.9 Å². The quantitative estimate of drug-likeness (QED) is 0.175. The van der Waals surface area contributed by atoms with Crippen LogP contribution in [0.3, 0.4) is 0 Å². The normalized spacial score (nSPS) is 11.0. The molecule has 0 unspecified atom stereocenters. The first-order valence-electron chi connectivity index (χ1n) is 16.3. The zero-order valence-electron chi connectivity index (χ0n) is 26.9. The highest BCUT2D eigenvalue weighted by atomic mass is 15.0. The van der Waals surface area contributed by atoms with Crippen molar-refractivity contribution in [2.24, 2.45) is 0 Å². The van der Waals surface area contributed by atoms with E-state index < -0.39 is 0 Å². The van der Waals surface area contributed by atoms with E-state index >= 15 is 0 Å². The number of hydrogen-bond donors (Lipinski definition) is 0. The summed E-state index contributed by atoms with van der Waals surface area (Å²) in [6.45, 7) is 2.09. The Bertz CT molecular complexity index is 2330. The molecule has 0 aliphatic carbocycles. The second-order valence-corrected chi connectivity index (χ2v) is 11.9. The maximum absolute atomic E-state index is 5.08. The summed E-state index contributed by atoms with van der Waals surface area (Å²) in [5.41, 5.74) is 10.9. The molecule has 8 aromatic rings. The van der Waals surface area contributed by atoms with Gasteiger partial charge < -0.3 is 0 Å². The Labute approximate surface area is 285 Å². The summed E-state index contributed by atoms with van der Waals surface area (Å²) >= 11 is 0. The van der Waals surface area contributed by atoms with Gasteiger partial charge in [-0.2, -0.15) is 0 Å². The predicted molar refractivity (Wildman–Crippen MR) is 198 cm³/mol. The van der Waals surface area contributed by atoms with E-state index in [0.29, 0.717) is 23.3 Å². The van der Waals surface area contributed by atoms with Gasteiger partial charge in [0.05, 0.1) is 11.4 Å². The van der Waals surface area contributed by atoms with Crippen molar-refractivity contribution in [3.63, 3.8) is 0 Å². The third kappa shape index (κ3) is 6.51. The summed E-state index contributed by atoms with van der Waals surface area (Å²) < 4.78 is 0. The molecule has 0 N–H and O–H groups in total. The molecule has 5 nitrogen and oxygen atoms in total. The van der Waals surface area contributed by atoms with Gasteiger partial charge in [-0.3, -0.25) is 0 Å². The van der Waals surface area contributed by atoms with E-state index in [9.17, 15) is 0 Å². The van der Waals surface area contributed by atoms with Crippen LogP contribution in [0.15, 0.2) is 170 Å². The van der Waals surface area contributed by atoms with E-state index in [-0.39, 0.29) is 0 Å². The summed E-state index contributed by atoms with van der Waals surface area (Å²) in [5.74, 6) is 2.60. The van der Waals surface area contributed by atoms with Crippen LogP contribution in [0.1, 0.15) is 5.56 Å². The van der Waals surface area contributed by atoms with Gasteiger partial charge in [0, 0.05) is 33.4 Å². The average Bonchev–Trinajstić information content (AvgIpc) is 3.19. The van der Waals surface area contributed by atoms with Crippen molar-refractivity contribution in [1.82, 2.24) is 24.9 Å². The van der Waals surface area contributed by atoms with Gasteiger partial charge in [-0.05, 0) is 42.3 Å². The molecule has 0 saturated carbocycles. The summed E-state index contributed by atoms with van der Waals surface area (Å²) in [5, 5.41) is 0. The van der Waals surface area contributed by atoms with Gasteiger partial charge in [0.2, 0.25) is 0 Å². The number of benzene rings is 6. The van der Waals surface area contributed by atoms with Crippen molar-refractivity contribution in [2.75, 3.05) is 0 Å². The molecule has 232 valence electrons.